The average molecular weight is 284 g/mol. The van der Waals surface area contributed by atoms with Crippen molar-refractivity contribution in [2.45, 2.75) is 51.9 Å². The fourth-order valence-electron chi connectivity index (χ4n) is 2.02. The summed E-state index contributed by atoms with van der Waals surface area (Å²) in [6.07, 6.45) is 8.23. The highest BCUT2D eigenvalue weighted by molar-refractivity contribution is 5.75. The molecule has 0 aliphatic rings. The fourth-order valence-corrected chi connectivity index (χ4v) is 2.02. The molecule has 0 spiro atoms. The Balaban J connectivity index is 2.27. The second kappa shape index (κ2) is 9.45. The first kappa shape index (κ1) is 16.6. The number of ether oxygens (including phenoxy) is 1. The summed E-state index contributed by atoms with van der Waals surface area (Å²) in [5.41, 5.74) is -0.0247. The quantitative estimate of drug-likeness (QED) is 0.451. The lowest BCUT2D eigenvalue weighted by atomic mass is 10.1. The molecule has 0 saturated heterocycles. The minimum absolute atomic E-state index is 0.0247. The Bertz CT molecular complexity index is 396. The Morgan fingerprint density at radius 2 is 1.55 bits per heavy atom. The molecule has 0 aliphatic carbocycles. The zero-order valence-electron chi connectivity index (χ0n) is 12.0. The van der Waals surface area contributed by atoms with Gasteiger partial charge in [0, 0.05) is 5.56 Å². The van der Waals surface area contributed by atoms with Crippen molar-refractivity contribution in [3.05, 3.63) is 29.3 Å². The lowest BCUT2D eigenvalue weighted by molar-refractivity contribution is 0.112. The van der Waals surface area contributed by atoms with Crippen LogP contribution < -0.4 is 4.74 Å². The van der Waals surface area contributed by atoms with E-state index in [4.69, 9.17) is 4.74 Å². The fraction of sp³-hybridized carbons (Fsp3) is 0.562. The maximum atomic E-state index is 13.5. The number of rotatable bonds is 10. The van der Waals surface area contributed by atoms with Gasteiger partial charge in [0.1, 0.15) is 6.29 Å². The van der Waals surface area contributed by atoms with Gasteiger partial charge in [0.2, 0.25) is 0 Å². The van der Waals surface area contributed by atoms with Crippen LogP contribution in [0.3, 0.4) is 0 Å². The number of hydrogen-bond acceptors (Lipinski definition) is 2. The minimum Gasteiger partial charge on any atom is -0.488 e. The van der Waals surface area contributed by atoms with Crippen molar-refractivity contribution >= 4 is 6.29 Å². The maximum Gasteiger partial charge on any atom is 0.190 e. The number of halogens is 2. The van der Waals surface area contributed by atoms with E-state index in [1.807, 2.05) is 0 Å². The molecule has 4 heteroatoms. The zero-order valence-corrected chi connectivity index (χ0v) is 12.0. The molecule has 0 aromatic heterocycles. The largest absolute Gasteiger partial charge is 0.488 e. The van der Waals surface area contributed by atoms with Gasteiger partial charge in [0.05, 0.1) is 6.61 Å². The lowest BCUT2D eigenvalue weighted by Crippen LogP contribution is -2.02. The van der Waals surface area contributed by atoms with Crippen LogP contribution in [0.1, 0.15) is 62.2 Å². The van der Waals surface area contributed by atoms with E-state index in [9.17, 15) is 13.6 Å². The Hall–Kier alpha value is -1.45. The van der Waals surface area contributed by atoms with Crippen molar-refractivity contribution in [3.8, 4) is 5.75 Å². The maximum absolute atomic E-state index is 13.5. The predicted octanol–water partition coefficient (Wildman–Crippen LogP) is 4.91. The summed E-state index contributed by atoms with van der Waals surface area (Å²) in [5.74, 6) is -2.04. The Kier molecular flexibility index (Phi) is 7.85. The molecule has 1 rings (SSSR count). The van der Waals surface area contributed by atoms with Gasteiger partial charge in [-0.15, -0.1) is 0 Å². The molecule has 1 aromatic carbocycles. The number of carbonyl (C=O) groups excluding carboxylic acids is 1. The van der Waals surface area contributed by atoms with Crippen LogP contribution in [0.4, 0.5) is 8.78 Å². The number of unbranched alkanes of at least 4 members (excludes halogenated alkanes) is 6. The van der Waals surface area contributed by atoms with E-state index in [-0.39, 0.29) is 11.3 Å². The van der Waals surface area contributed by atoms with Crippen LogP contribution in [0.25, 0.3) is 0 Å². The van der Waals surface area contributed by atoms with E-state index in [0.29, 0.717) is 12.9 Å². The van der Waals surface area contributed by atoms with Gasteiger partial charge in [-0.25, -0.2) is 8.78 Å². The third-order valence-corrected chi connectivity index (χ3v) is 3.15. The highest BCUT2D eigenvalue weighted by Gasteiger charge is 2.12. The molecule has 0 N–H and O–H groups in total. The van der Waals surface area contributed by atoms with Crippen LogP contribution in [0.5, 0.6) is 5.75 Å². The molecule has 2 nitrogen and oxygen atoms in total. The molecule has 0 radical (unpaired) electrons. The van der Waals surface area contributed by atoms with Gasteiger partial charge in [-0.2, -0.15) is 0 Å². The zero-order chi connectivity index (χ0) is 14.8. The van der Waals surface area contributed by atoms with Crippen molar-refractivity contribution in [2.75, 3.05) is 6.61 Å². The molecule has 0 heterocycles. The second-order valence-electron chi connectivity index (χ2n) is 4.90. The van der Waals surface area contributed by atoms with Crippen molar-refractivity contribution in [3.63, 3.8) is 0 Å². The topological polar surface area (TPSA) is 26.3 Å². The number of benzene rings is 1. The van der Waals surface area contributed by atoms with Crippen LogP contribution in [-0.2, 0) is 0 Å². The van der Waals surface area contributed by atoms with E-state index in [1.165, 1.54) is 25.7 Å². The van der Waals surface area contributed by atoms with Gasteiger partial charge in [-0.3, -0.25) is 4.79 Å². The Morgan fingerprint density at radius 1 is 1.00 bits per heavy atom. The third kappa shape index (κ3) is 5.68. The Labute approximate surface area is 119 Å². The number of carbonyl (C=O) groups is 1. The molecule has 0 fully saturated rings. The van der Waals surface area contributed by atoms with Crippen LogP contribution in [-0.4, -0.2) is 12.9 Å². The first-order chi connectivity index (χ1) is 9.69. The molecule has 0 unspecified atom stereocenters. The van der Waals surface area contributed by atoms with Crippen LogP contribution in [0.15, 0.2) is 12.1 Å². The van der Waals surface area contributed by atoms with Crippen molar-refractivity contribution < 1.29 is 18.3 Å². The minimum atomic E-state index is -0.824. The summed E-state index contributed by atoms with van der Waals surface area (Å²) in [7, 11) is 0. The van der Waals surface area contributed by atoms with E-state index >= 15 is 0 Å². The molecule has 0 amide bonds. The first-order valence-corrected chi connectivity index (χ1v) is 7.26. The van der Waals surface area contributed by atoms with Crippen molar-refractivity contribution in [1.29, 1.82) is 0 Å². The highest BCUT2D eigenvalue weighted by Crippen LogP contribution is 2.23. The predicted molar refractivity (Wildman–Crippen MR) is 75.2 cm³/mol. The lowest BCUT2D eigenvalue weighted by Gasteiger charge is -2.08. The summed E-state index contributed by atoms with van der Waals surface area (Å²) in [6, 6.07) is 1.96. The first-order valence-electron chi connectivity index (χ1n) is 7.26. The standard InChI is InChI=1S/C16H22F2O2/c1-2-3-4-5-6-7-8-9-20-16-14(17)10-13(12-19)11-15(16)18/h10-12H,2-9H2,1H3. The van der Waals surface area contributed by atoms with E-state index < -0.39 is 11.6 Å². The smallest absolute Gasteiger partial charge is 0.190 e. The van der Waals surface area contributed by atoms with E-state index in [2.05, 4.69) is 6.92 Å². The SMILES string of the molecule is CCCCCCCCCOc1c(F)cc(C=O)cc1F. The molecule has 0 bridgehead atoms. The van der Waals surface area contributed by atoms with Crippen molar-refractivity contribution in [1.82, 2.24) is 0 Å². The van der Waals surface area contributed by atoms with Crippen LogP contribution in [0.2, 0.25) is 0 Å². The van der Waals surface area contributed by atoms with Gasteiger partial charge in [0.25, 0.3) is 0 Å². The molecule has 0 saturated carbocycles. The summed E-state index contributed by atoms with van der Waals surface area (Å²) < 4.78 is 32.1. The van der Waals surface area contributed by atoms with E-state index in [0.717, 1.165) is 31.4 Å². The summed E-state index contributed by atoms with van der Waals surface area (Å²) >= 11 is 0. The normalized spacial score (nSPS) is 10.6. The van der Waals surface area contributed by atoms with Gasteiger partial charge >= 0.3 is 0 Å². The van der Waals surface area contributed by atoms with E-state index in [1.54, 1.807) is 0 Å². The summed E-state index contributed by atoms with van der Waals surface area (Å²) in [6.45, 7) is 2.47. The van der Waals surface area contributed by atoms with Gasteiger partial charge in [0.15, 0.2) is 17.4 Å². The van der Waals surface area contributed by atoms with Crippen molar-refractivity contribution in [2.24, 2.45) is 0 Å². The molecular formula is C16H22F2O2. The third-order valence-electron chi connectivity index (χ3n) is 3.15. The molecule has 0 atom stereocenters. The monoisotopic (exact) mass is 284 g/mol. The number of aldehydes is 1. The molecule has 1 aromatic rings. The molecule has 112 valence electrons. The average Bonchev–Trinajstić information content (AvgIpc) is 2.43. The Morgan fingerprint density at radius 3 is 2.10 bits per heavy atom. The van der Waals surface area contributed by atoms with Gasteiger partial charge in [-0.05, 0) is 18.6 Å². The number of hydrogen-bond donors (Lipinski definition) is 0. The molecule has 0 aliphatic heterocycles. The van der Waals surface area contributed by atoms with Crippen LogP contribution in [0, 0.1) is 11.6 Å². The van der Waals surface area contributed by atoms with Gasteiger partial charge < -0.3 is 4.74 Å². The molecular weight excluding hydrogens is 262 g/mol. The second-order valence-corrected chi connectivity index (χ2v) is 4.90. The summed E-state index contributed by atoms with van der Waals surface area (Å²) in [5, 5.41) is 0. The van der Waals surface area contributed by atoms with Crippen LogP contribution >= 0.6 is 0 Å². The van der Waals surface area contributed by atoms with Gasteiger partial charge in [-0.1, -0.05) is 45.4 Å². The highest BCUT2D eigenvalue weighted by atomic mass is 19.1. The molecule has 20 heavy (non-hydrogen) atoms. The summed E-state index contributed by atoms with van der Waals surface area (Å²) in [4.78, 5) is 10.5.